The number of nitrogens with one attached hydrogen (secondary N) is 2. The van der Waals surface area contributed by atoms with Crippen LogP contribution in [0.2, 0.25) is 0 Å². The van der Waals surface area contributed by atoms with E-state index in [1.807, 2.05) is 60.7 Å². The van der Waals surface area contributed by atoms with E-state index >= 15 is 0 Å². The summed E-state index contributed by atoms with van der Waals surface area (Å²) in [5.74, 6) is -2.21. The molecule has 6 heteroatoms. The van der Waals surface area contributed by atoms with Crippen LogP contribution in [0.5, 0.6) is 0 Å². The van der Waals surface area contributed by atoms with Crippen LogP contribution in [0.4, 0.5) is 0 Å². The Labute approximate surface area is 158 Å². The molecule has 0 radical (unpaired) electrons. The number of carbonyl (C=O) groups excluding carboxylic acids is 2. The van der Waals surface area contributed by atoms with Gasteiger partial charge in [-0.2, -0.15) is 0 Å². The number of carboxylic acids is 1. The SMILES string of the molecule is CC(=O)NC(CC(=O)NCC(Cc1ccccc1)C(=O)O)c1ccccc1. The molecular weight excluding hydrogens is 344 g/mol. The number of rotatable bonds is 9. The monoisotopic (exact) mass is 368 g/mol. The average Bonchev–Trinajstić information content (AvgIpc) is 2.65. The highest BCUT2D eigenvalue weighted by Gasteiger charge is 2.21. The topological polar surface area (TPSA) is 95.5 Å². The lowest BCUT2D eigenvalue weighted by Gasteiger charge is -2.19. The molecule has 2 aromatic carbocycles. The number of benzene rings is 2. The highest BCUT2D eigenvalue weighted by molar-refractivity contribution is 5.80. The lowest BCUT2D eigenvalue weighted by atomic mass is 9.99. The first-order valence-electron chi connectivity index (χ1n) is 8.81. The summed E-state index contributed by atoms with van der Waals surface area (Å²) in [6, 6.07) is 18.0. The molecule has 0 aliphatic heterocycles. The normalized spacial score (nSPS) is 12.6. The van der Waals surface area contributed by atoms with Gasteiger partial charge in [0.25, 0.3) is 0 Å². The largest absolute Gasteiger partial charge is 0.481 e. The molecular formula is C21H24N2O4. The number of carboxylic acid groups (broad SMARTS) is 1. The predicted octanol–water partition coefficient (Wildman–Crippen LogP) is 2.31. The van der Waals surface area contributed by atoms with Gasteiger partial charge in [-0.05, 0) is 17.5 Å². The summed E-state index contributed by atoms with van der Waals surface area (Å²) in [5.41, 5.74) is 1.72. The summed E-state index contributed by atoms with van der Waals surface area (Å²) in [6.45, 7) is 1.43. The minimum absolute atomic E-state index is 0.0324. The molecule has 2 rings (SSSR count). The van der Waals surface area contributed by atoms with E-state index in [1.165, 1.54) is 6.92 Å². The Bertz CT molecular complexity index is 762. The molecule has 142 valence electrons. The summed E-state index contributed by atoms with van der Waals surface area (Å²) in [4.78, 5) is 35.3. The lowest BCUT2D eigenvalue weighted by Crippen LogP contribution is -2.37. The van der Waals surface area contributed by atoms with Gasteiger partial charge >= 0.3 is 5.97 Å². The molecule has 0 fully saturated rings. The molecule has 2 atom stereocenters. The third-order valence-electron chi connectivity index (χ3n) is 4.19. The van der Waals surface area contributed by atoms with Crippen LogP contribution in [0, 0.1) is 5.92 Å². The van der Waals surface area contributed by atoms with Crippen LogP contribution in [0.15, 0.2) is 60.7 Å². The van der Waals surface area contributed by atoms with Gasteiger partial charge in [-0.1, -0.05) is 60.7 Å². The number of hydrogen-bond acceptors (Lipinski definition) is 3. The van der Waals surface area contributed by atoms with Gasteiger partial charge in [0.1, 0.15) is 0 Å². The fraction of sp³-hybridized carbons (Fsp3) is 0.286. The molecule has 0 heterocycles. The van der Waals surface area contributed by atoms with Crippen LogP contribution in [0.25, 0.3) is 0 Å². The van der Waals surface area contributed by atoms with Gasteiger partial charge in [-0.25, -0.2) is 0 Å². The maximum atomic E-state index is 12.3. The summed E-state index contributed by atoms with van der Waals surface area (Å²) in [6.07, 6.45) is 0.380. The first-order valence-corrected chi connectivity index (χ1v) is 8.81. The van der Waals surface area contributed by atoms with E-state index in [4.69, 9.17) is 0 Å². The van der Waals surface area contributed by atoms with Crippen molar-refractivity contribution in [3.8, 4) is 0 Å². The van der Waals surface area contributed by atoms with Crippen LogP contribution in [0.3, 0.4) is 0 Å². The molecule has 27 heavy (non-hydrogen) atoms. The molecule has 0 aromatic heterocycles. The van der Waals surface area contributed by atoms with Crippen LogP contribution < -0.4 is 10.6 Å². The molecule has 2 aromatic rings. The fourth-order valence-electron chi connectivity index (χ4n) is 2.82. The summed E-state index contributed by atoms with van der Waals surface area (Å²) in [5, 5.41) is 14.9. The van der Waals surface area contributed by atoms with E-state index < -0.39 is 17.9 Å². The van der Waals surface area contributed by atoms with E-state index in [-0.39, 0.29) is 24.8 Å². The molecule has 0 bridgehead atoms. The number of hydrogen-bond donors (Lipinski definition) is 3. The fourth-order valence-corrected chi connectivity index (χ4v) is 2.82. The van der Waals surface area contributed by atoms with Crippen molar-refractivity contribution in [1.82, 2.24) is 10.6 Å². The van der Waals surface area contributed by atoms with Gasteiger partial charge < -0.3 is 15.7 Å². The van der Waals surface area contributed by atoms with Crippen molar-refractivity contribution in [2.45, 2.75) is 25.8 Å². The van der Waals surface area contributed by atoms with Crippen molar-refractivity contribution < 1.29 is 19.5 Å². The maximum absolute atomic E-state index is 12.3. The smallest absolute Gasteiger partial charge is 0.308 e. The minimum Gasteiger partial charge on any atom is -0.481 e. The first kappa shape index (κ1) is 20.2. The third kappa shape index (κ3) is 6.93. The van der Waals surface area contributed by atoms with Crippen molar-refractivity contribution in [2.24, 2.45) is 5.92 Å². The minimum atomic E-state index is -0.958. The quantitative estimate of drug-likeness (QED) is 0.633. The molecule has 0 spiro atoms. The van der Waals surface area contributed by atoms with E-state index in [9.17, 15) is 19.5 Å². The van der Waals surface area contributed by atoms with E-state index in [0.29, 0.717) is 6.42 Å². The molecule has 6 nitrogen and oxygen atoms in total. The van der Waals surface area contributed by atoms with Crippen molar-refractivity contribution in [3.63, 3.8) is 0 Å². The predicted molar refractivity (Wildman–Crippen MR) is 102 cm³/mol. The molecule has 2 amide bonds. The van der Waals surface area contributed by atoms with E-state index in [0.717, 1.165) is 11.1 Å². The zero-order valence-electron chi connectivity index (χ0n) is 15.2. The number of aliphatic carboxylic acids is 1. The highest BCUT2D eigenvalue weighted by atomic mass is 16.4. The van der Waals surface area contributed by atoms with Crippen molar-refractivity contribution in [2.75, 3.05) is 6.54 Å². The highest BCUT2D eigenvalue weighted by Crippen LogP contribution is 2.16. The Morgan fingerprint density at radius 2 is 1.56 bits per heavy atom. The van der Waals surface area contributed by atoms with Crippen molar-refractivity contribution in [1.29, 1.82) is 0 Å². The molecule has 0 saturated heterocycles. The maximum Gasteiger partial charge on any atom is 0.308 e. The summed E-state index contributed by atoms with van der Waals surface area (Å²) < 4.78 is 0. The van der Waals surface area contributed by atoms with Gasteiger partial charge in [0, 0.05) is 13.5 Å². The first-order chi connectivity index (χ1) is 13.0. The molecule has 2 unspecified atom stereocenters. The molecule has 3 N–H and O–H groups in total. The summed E-state index contributed by atoms with van der Waals surface area (Å²) >= 11 is 0. The van der Waals surface area contributed by atoms with Gasteiger partial charge in [-0.3, -0.25) is 14.4 Å². The standard InChI is InChI=1S/C21H24N2O4/c1-15(24)23-19(17-10-6-3-7-11-17)13-20(25)22-14-18(21(26)27)12-16-8-4-2-5-9-16/h2-11,18-19H,12-14H2,1H3,(H,22,25)(H,23,24)(H,26,27). The lowest BCUT2D eigenvalue weighted by molar-refractivity contribution is -0.141. The third-order valence-corrected chi connectivity index (χ3v) is 4.19. The van der Waals surface area contributed by atoms with Gasteiger partial charge in [0.05, 0.1) is 18.4 Å². The molecule has 0 aliphatic carbocycles. The van der Waals surface area contributed by atoms with Gasteiger partial charge in [0.15, 0.2) is 0 Å². The Hall–Kier alpha value is -3.15. The van der Waals surface area contributed by atoms with Crippen molar-refractivity contribution >= 4 is 17.8 Å². The van der Waals surface area contributed by atoms with Gasteiger partial charge in [0.2, 0.25) is 11.8 Å². The van der Waals surface area contributed by atoms with Crippen molar-refractivity contribution in [3.05, 3.63) is 71.8 Å². The zero-order valence-corrected chi connectivity index (χ0v) is 15.2. The zero-order chi connectivity index (χ0) is 19.6. The Morgan fingerprint density at radius 3 is 2.11 bits per heavy atom. The Balaban J connectivity index is 1.95. The summed E-state index contributed by atoms with van der Waals surface area (Å²) in [7, 11) is 0. The number of amides is 2. The van der Waals surface area contributed by atoms with Gasteiger partial charge in [-0.15, -0.1) is 0 Å². The molecule has 0 aliphatic rings. The second-order valence-corrected chi connectivity index (χ2v) is 6.40. The second-order valence-electron chi connectivity index (χ2n) is 6.40. The van der Waals surface area contributed by atoms with E-state index in [1.54, 1.807) is 0 Å². The Morgan fingerprint density at radius 1 is 0.963 bits per heavy atom. The molecule has 0 saturated carbocycles. The van der Waals surface area contributed by atoms with Crippen LogP contribution >= 0.6 is 0 Å². The van der Waals surface area contributed by atoms with E-state index in [2.05, 4.69) is 10.6 Å². The van der Waals surface area contributed by atoms with Crippen LogP contribution in [-0.4, -0.2) is 29.4 Å². The Kier molecular flexibility index (Phi) is 7.55. The average molecular weight is 368 g/mol. The number of carbonyl (C=O) groups is 3. The second kappa shape index (κ2) is 10.1. The van der Waals surface area contributed by atoms with Crippen LogP contribution in [-0.2, 0) is 20.8 Å². The van der Waals surface area contributed by atoms with Crippen LogP contribution in [0.1, 0.15) is 30.5 Å².